The predicted octanol–water partition coefficient (Wildman–Crippen LogP) is 3.94. The number of hydrogen-bond acceptors (Lipinski definition) is 3. The van der Waals surface area contributed by atoms with Crippen molar-refractivity contribution in [3.05, 3.63) is 42.6 Å². The monoisotopic (exact) mass is 257 g/mol. The first-order chi connectivity index (χ1) is 9.33. The lowest BCUT2D eigenvalue weighted by Crippen LogP contribution is -1.95. The van der Waals surface area contributed by atoms with E-state index in [1.54, 1.807) is 7.11 Å². The zero-order valence-corrected chi connectivity index (χ0v) is 11.4. The molecule has 0 unspecified atom stereocenters. The Morgan fingerprint density at radius 3 is 2.32 bits per heavy atom. The molecule has 0 spiro atoms. The van der Waals surface area contributed by atoms with Crippen LogP contribution in [0.4, 0.5) is 0 Å². The molecule has 0 aliphatic heterocycles. The van der Waals surface area contributed by atoms with Crippen molar-refractivity contribution in [3.8, 4) is 22.8 Å². The normalized spacial score (nSPS) is 10.2. The molecular weight excluding hydrogens is 238 g/mol. The molecule has 1 aromatic heterocycles. The number of rotatable bonds is 6. The van der Waals surface area contributed by atoms with Gasteiger partial charge in [-0.25, -0.2) is 4.98 Å². The fourth-order valence-corrected chi connectivity index (χ4v) is 1.75. The van der Waals surface area contributed by atoms with E-state index in [4.69, 9.17) is 9.47 Å². The second kappa shape index (κ2) is 6.78. The molecule has 0 N–H and O–H groups in total. The van der Waals surface area contributed by atoms with Crippen LogP contribution in [0.5, 0.6) is 11.6 Å². The number of ether oxygens (including phenoxy) is 2. The summed E-state index contributed by atoms with van der Waals surface area (Å²) in [6.45, 7) is 2.93. The van der Waals surface area contributed by atoms with Crippen LogP contribution < -0.4 is 9.47 Å². The van der Waals surface area contributed by atoms with Crippen molar-refractivity contribution in [2.45, 2.75) is 19.8 Å². The van der Waals surface area contributed by atoms with E-state index in [9.17, 15) is 0 Å². The molecule has 19 heavy (non-hydrogen) atoms. The molecule has 0 saturated carbocycles. The van der Waals surface area contributed by atoms with Crippen LogP contribution in [0.1, 0.15) is 19.8 Å². The average molecular weight is 257 g/mol. The molecule has 3 nitrogen and oxygen atoms in total. The molecular formula is C16H19NO2. The van der Waals surface area contributed by atoms with Gasteiger partial charge >= 0.3 is 0 Å². The highest BCUT2D eigenvalue weighted by Crippen LogP contribution is 2.23. The maximum atomic E-state index is 5.64. The van der Waals surface area contributed by atoms with Crippen LogP contribution in [-0.2, 0) is 0 Å². The van der Waals surface area contributed by atoms with Crippen LogP contribution in [0.15, 0.2) is 42.6 Å². The van der Waals surface area contributed by atoms with Gasteiger partial charge in [-0.2, -0.15) is 0 Å². The zero-order chi connectivity index (χ0) is 13.5. The lowest BCUT2D eigenvalue weighted by molar-refractivity contribution is 0.309. The Morgan fingerprint density at radius 2 is 1.74 bits per heavy atom. The van der Waals surface area contributed by atoms with Crippen LogP contribution >= 0.6 is 0 Å². The molecule has 0 saturated heterocycles. The standard InChI is InChI=1S/C16H19NO2/c1-3-4-11-19-15-8-5-13(6-9-15)14-7-10-16(18-2)17-12-14/h5-10,12H,3-4,11H2,1-2H3. The quantitative estimate of drug-likeness (QED) is 0.735. The van der Waals surface area contributed by atoms with Gasteiger partial charge in [0, 0.05) is 17.8 Å². The van der Waals surface area contributed by atoms with E-state index in [2.05, 4.69) is 11.9 Å². The van der Waals surface area contributed by atoms with Crippen molar-refractivity contribution >= 4 is 0 Å². The van der Waals surface area contributed by atoms with Crippen LogP contribution in [0, 0.1) is 0 Å². The molecule has 100 valence electrons. The summed E-state index contributed by atoms with van der Waals surface area (Å²) in [6.07, 6.45) is 4.05. The van der Waals surface area contributed by atoms with Gasteiger partial charge in [-0.3, -0.25) is 0 Å². The first-order valence-electron chi connectivity index (χ1n) is 6.56. The zero-order valence-electron chi connectivity index (χ0n) is 11.4. The highest BCUT2D eigenvalue weighted by Gasteiger charge is 2.00. The molecule has 0 radical (unpaired) electrons. The Balaban J connectivity index is 2.04. The fraction of sp³-hybridized carbons (Fsp3) is 0.312. The molecule has 0 amide bonds. The molecule has 0 aliphatic carbocycles. The SMILES string of the molecule is CCCCOc1ccc(-c2ccc(OC)nc2)cc1. The lowest BCUT2D eigenvalue weighted by Gasteiger charge is -2.07. The van der Waals surface area contributed by atoms with E-state index < -0.39 is 0 Å². The Labute approximate surface area is 114 Å². The smallest absolute Gasteiger partial charge is 0.212 e. The lowest BCUT2D eigenvalue weighted by atomic mass is 10.1. The van der Waals surface area contributed by atoms with Crippen LogP contribution in [0.25, 0.3) is 11.1 Å². The van der Waals surface area contributed by atoms with Crippen molar-refractivity contribution < 1.29 is 9.47 Å². The van der Waals surface area contributed by atoms with Crippen molar-refractivity contribution in [2.24, 2.45) is 0 Å². The van der Waals surface area contributed by atoms with Gasteiger partial charge < -0.3 is 9.47 Å². The first-order valence-corrected chi connectivity index (χ1v) is 6.56. The molecule has 1 heterocycles. The van der Waals surface area contributed by atoms with E-state index in [0.717, 1.165) is 36.3 Å². The number of unbranched alkanes of at least 4 members (excludes halogenated alkanes) is 1. The third-order valence-electron chi connectivity index (χ3n) is 2.90. The topological polar surface area (TPSA) is 31.4 Å². The van der Waals surface area contributed by atoms with Gasteiger partial charge in [-0.05, 0) is 30.2 Å². The maximum Gasteiger partial charge on any atom is 0.212 e. The van der Waals surface area contributed by atoms with Gasteiger partial charge in [0.2, 0.25) is 5.88 Å². The van der Waals surface area contributed by atoms with Crippen molar-refractivity contribution in [3.63, 3.8) is 0 Å². The van der Waals surface area contributed by atoms with Crippen molar-refractivity contribution in [1.82, 2.24) is 4.98 Å². The largest absolute Gasteiger partial charge is 0.494 e. The summed E-state index contributed by atoms with van der Waals surface area (Å²) in [7, 11) is 1.62. The summed E-state index contributed by atoms with van der Waals surface area (Å²) in [4.78, 5) is 4.20. The van der Waals surface area contributed by atoms with Crippen LogP contribution in [0.3, 0.4) is 0 Å². The molecule has 0 aliphatic rings. The van der Waals surface area contributed by atoms with Crippen LogP contribution in [0.2, 0.25) is 0 Å². The fourth-order valence-electron chi connectivity index (χ4n) is 1.75. The summed E-state index contributed by atoms with van der Waals surface area (Å²) >= 11 is 0. The summed E-state index contributed by atoms with van der Waals surface area (Å²) in [6, 6.07) is 11.9. The van der Waals surface area contributed by atoms with Crippen molar-refractivity contribution in [2.75, 3.05) is 13.7 Å². The Bertz CT molecular complexity index is 491. The minimum absolute atomic E-state index is 0.628. The van der Waals surface area contributed by atoms with E-state index >= 15 is 0 Å². The Morgan fingerprint density at radius 1 is 1.00 bits per heavy atom. The number of hydrogen-bond donors (Lipinski definition) is 0. The predicted molar refractivity (Wildman–Crippen MR) is 76.6 cm³/mol. The van der Waals surface area contributed by atoms with Gasteiger partial charge in [0.1, 0.15) is 5.75 Å². The molecule has 3 heteroatoms. The van der Waals surface area contributed by atoms with E-state index in [0.29, 0.717) is 5.88 Å². The first kappa shape index (κ1) is 13.4. The molecule has 2 aromatic rings. The molecule has 0 bridgehead atoms. The molecule has 1 aromatic carbocycles. The van der Waals surface area contributed by atoms with Crippen molar-refractivity contribution in [1.29, 1.82) is 0 Å². The summed E-state index contributed by atoms with van der Waals surface area (Å²) < 4.78 is 10.7. The van der Waals surface area contributed by atoms with Gasteiger partial charge in [0.15, 0.2) is 0 Å². The number of pyridine rings is 1. The molecule has 0 atom stereocenters. The Kier molecular flexibility index (Phi) is 4.78. The second-order valence-corrected chi connectivity index (χ2v) is 4.32. The third-order valence-corrected chi connectivity index (χ3v) is 2.90. The minimum atomic E-state index is 0.628. The summed E-state index contributed by atoms with van der Waals surface area (Å²) in [5, 5.41) is 0. The Hall–Kier alpha value is -2.03. The minimum Gasteiger partial charge on any atom is -0.494 e. The maximum absolute atomic E-state index is 5.64. The number of nitrogens with zero attached hydrogens (tertiary/aromatic N) is 1. The van der Waals surface area contributed by atoms with E-state index in [-0.39, 0.29) is 0 Å². The van der Waals surface area contributed by atoms with Gasteiger partial charge in [0.25, 0.3) is 0 Å². The van der Waals surface area contributed by atoms with E-state index in [1.165, 1.54) is 0 Å². The highest BCUT2D eigenvalue weighted by atomic mass is 16.5. The molecule has 2 rings (SSSR count). The van der Waals surface area contributed by atoms with Gasteiger partial charge in [-0.15, -0.1) is 0 Å². The number of aromatic nitrogens is 1. The van der Waals surface area contributed by atoms with Crippen LogP contribution in [-0.4, -0.2) is 18.7 Å². The number of benzene rings is 1. The third kappa shape index (κ3) is 3.71. The molecule has 0 fully saturated rings. The average Bonchev–Trinajstić information content (AvgIpc) is 2.48. The summed E-state index contributed by atoms with van der Waals surface area (Å²) in [5.41, 5.74) is 2.19. The second-order valence-electron chi connectivity index (χ2n) is 4.32. The van der Waals surface area contributed by atoms with E-state index in [1.807, 2.05) is 42.6 Å². The number of methoxy groups -OCH3 is 1. The van der Waals surface area contributed by atoms with Gasteiger partial charge in [-0.1, -0.05) is 25.5 Å². The highest BCUT2D eigenvalue weighted by molar-refractivity contribution is 5.63. The summed E-state index contributed by atoms with van der Waals surface area (Å²) in [5.74, 6) is 1.54. The van der Waals surface area contributed by atoms with Gasteiger partial charge in [0.05, 0.1) is 13.7 Å².